The molecule has 15 heavy (non-hydrogen) atoms. The van der Waals surface area contributed by atoms with Crippen LogP contribution >= 0.6 is 0 Å². The third-order valence-electron chi connectivity index (χ3n) is 2.76. The molecule has 0 atom stereocenters. The lowest BCUT2D eigenvalue weighted by Gasteiger charge is -2.11. The van der Waals surface area contributed by atoms with Gasteiger partial charge in [0.25, 0.3) is 0 Å². The lowest BCUT2D eigenvalue weighted by atomic mass is 9.92. The highest BCUT2D eigenvalue weighted by Gasteiger charge is 2.14. The van der Waals surface area contributed by atoms with E-state index in [2.05, 4.69) is 0 Å². The second kappa shape index (κ2) is 4.39. The SMILES string of the molecule is C[n+]1cccc(C=C2CCCCC2=O)c1. The largest absolute Gasteiger partial charge is 0.295 e. The van der Waals surface area contributed by atoms with Crippen LogP contribution in [0.3, 0.4) is 0 Å². The highest BCUT2D eigenvalue weighted by molar-refractivity contribution is 5.99. The summed E-state index contributed by atoms with van der Waals surface area (Å²) in [7, 11) is 1.99. The van der Waals surface area contributed by atoms with Gasteiger partial charge < -0.3 is 0 Å². The summed E-state index contributed by atoms with van der Waals surface area (Å²) in [6.45, 7) is 0. The Balaban J connectivity index is 2.25. The Morgan fingerprint density at radius 1 is 1.33 bits per heavy atom. The van der Waals surface area contributed by atoms with Gasteiger partial charge in [-0.05, 0) is 37.0 Å². The van der Waals surface area contributed by atoms with Crippen molar-refractivity contribution in [2.45, 2.75) is 25.7 Å². The highest BCUT2D eigenvalue weighted by atomic mass is 16.1. The quantitative estimate of drug-likeness (QED) is 0.504. The first-order valence-electron chi connectivity index (χ1n) is 5.45. The minimum atomic E-state index is 0.327. The maximum Gasteiger partial charge on any atom is 0.175 e. The minimum Gasteiger partial charge on any atom is -0.295 e. The van der Waals surface area contributed by atoms with Crippen LogP contribution in [0, 0.1) is 0 Å². The van der Waals surface area contributed by atoms with Gasteiger partial charge in [-0.3, -0.25) is 4.79 Å². The van der Waals surface area contributed by atoms with Crippen molar-refractivity contribution in [2.75, 3.05) is 0 Å². The maximum atomic E-state index is 11.6. The van der Waals surface area contributed by atoms with E-state index in [1.807, 2.05) is 42.2 Å². The first-order chi connectivity index (χ1) is 7.25. The average Bonchev–Trinajstić information content (AvgIpc) is 2.22. The van der Waals surface area contributed by atoms with Crippen molar-refractivity contribution >= 4 is 11.9 Å². The molecule has 1 heterocycles. The summed E-state index contributed by atoms with van der Waals surface area (Å²) in [5.41, 5.74) is 2.11. The summed E-state index contributed by atoms with van der Waals surface area (Å²) >= 11 is 0. The molecule has 0 N–H and O–H groups in total. The molecule has 1 aromatic heterocycles. The minimum absolute atomic E-state index is 0.327. The number of pyridine rings is 1. The van der Waals surface area contributed by atoms with Crippen LogP contribution in [-0.2, 0) is 11.8 Å². The maximum absolute atomic E-state index is 11.6. The van der Waals surface area contributed by atoms with Crippen LogP contribution in [-0.4, -0.2) is 5.78 Å². The molecule has 1 aliphatic rings. The zero-order valence-electron chi connectivity index (χ0n) is 9.07. The van der Waals surface area contributed by atoms with Gasteiger partial charge in [-0.25, -0.2) is 4.57 Å². The fourth-order valence-corrected chi connectivity index (χ4v) is 1.95. The van der Waals surface area contributed by atoms with Crippen LogP contribution in [0.1, 0.15) is 31.2 Å². The van der Waals surface area contributed by atoms with Gasteiger partial charge in [0.1, 0.15) is 7.05 Å². The monoisotopic (exact) mass is 202 g/mol. The number of aromatic nitrogens is 1. The molecule has 0 unspecified atom stereocenters. The Hall–Kier alpha value is -1.44. The number of ketones is 1. The van der Waals surface area contributed by atoms with Crippen molar-refractivity contribution in [3.8, 4) is 0 Å². The zero-order valence-corrected chi connectivity index (χ0v) is 9.07. The molecule has 0 spiro atoms. The molecule has 1 saturated carbocycles. The number of nitrogens with zero attached hydrogens (tertiary/aromatic N) is 1. The molecular formula is C13H16NO+. The predicted octanol–water partition coefficient (Wildman–Crippen LogP) is 2.04. The van der Waals surface area contributed by atoms with Gasteiger partial charge in [0, 0.05) is 18.1 Å². The summed E-state index contributed by atoms with van der Waals surface area (Å²) in [5, 5.41) is 0. The van der Waals surface area contributed by atoms with Crippen LogP contribution in [0.5, 0.6) is 0 Å². The molecule has 2 nitrogen and oxygen atoms in total. The van der Waals surface area contributed by atoms with Gasteiger partial charge in [-0.15, -0.1) is 0 Å². The predicted molar refractivity (Wildman–Crippen MR) is 59.1 cm³/mol. The van der Waals surface area contributed by atoms with E-state index < -0.39 is 0 Å². The van der Waals surface area contributed by atoms with E-state index in [4.69, 9.17) is 0 Å². The lowest BCUT2D eigenvalue weighted by molar-refractivity contribution is -0.671. The first-order valence-corrected chi connectivity index (χ1v) is 5.45. The molecular weight excluding hydrogens is 186 g/mol. The number of hydrogen-bond acceptors (Lipinski definition) is 1. The molecule has 2 heteroatoms. The smallest absolute Gasteiger partial charge is 0.175 e. The number of carbonyl (C=O) groups excluding carboxylic acids is 1. The molecule has 1 aromatic rings. The zero-order chi connectivity index (χ0) is 10.7. The molecule has 0 radical (unpaired) electrons. The van der Waals surface area contributed by atoms with Gasteiger partial charge in [-0.2, -0.15) is 0 Å². The van der Waals surface area contributed by atoms with Gasteiger partial charge >= 0.3 is 0 Å². The van der Waals surface area contributed by atoms with Crippen molar-refractivity contribution in [1.29, 1.82) is 0 Å². The highest BCUT2D eigenvalue weighted by Crippen LogP contribution is 2.21. The van der Waals surface area contributed by atoms with E-state index in [0.717, 1.165) is 36.8 Å². The van der Waals surface area contributed by atoms with E-state index >= 15 is 0 Å². The lowest BCUT2D eigenvalue weighted by Crippen LogP contribution is -2.26. The second-order valence-corrected chi connectivity index (χ2v) is 4.10. The topological polar surface area (TPSA) is 20.9 Å². The summed E-state index contributed by atoms with van der Waals surface area (Å²) in [5.74, 6) is 0.327. The summed E-state index contributed by atoms with van der Waals surface area (Å²) < 4.78 is 2.00. The molecule has 0 bridgehead atoms. The van der Waals surface area contributed by atoms with E-state index in [1.165, 1.54) is 0 Å². The Morgan fingerprint density at radius 3 is 2.87 bits per heavy atom. The molecule has 1 aliphatic carbocycles. The third kappa shape index (κ3) is 2.52. The first kappa shape index (κ1) is 10.1. The van der Waals surface area contributed by atoms with Crippen molar-refractivity contribution in [1.82, 2.24) is 0 Å². The number of allylic oxidation sites excluding steroid dienone is 1. The molecule has 0 saturated heterocycles. The van der Waals surface area contributed by atoms with Crippen LogP contribution in [0.4, 0.5) is 0 Å². The Labute approximate surface area is 90.2 Å². The van der Waals surface area contributed by atoms with E-state index in [-0.39, 0.29) is 0 Å². The number of aryl methyl sites for hydroxylation is 1. The fourth-order valence-electron chi connectivity index (χ4n) is 1.95. The second-order valence-electron chi connectivity index (χ2n) is 4.10. The number of carbonyl (C=O) groups is 1. The van der Waals surface area contributed by atoms with Gasteiger partial charge in [0.15, 0.2) is 18.2 Å². The van der Waals surface area contributed by atoms with Crippen LogP contribution < -0.4 is 4.57 Å². The number of Topliss-reactive ketones (excluding diaryl/α,β-unsaturated/α-hetero) is 1. The summed E-state index contributed by atoms with van der Waals surface area (Å²) in [6, 6.07) is 4.04. The van der Waals surface area contributed by atoms with Crippen molar-refractivity contribution in [3.05, 3.63) is 35.7 Å². The number of rotatable bonds is 1. The molecule has 78 valence electrons. The number of hydrogen-bond donors (Lipinski definition) is 0. The Morgan fingerprint density at radius 2 is 2.13 bits per heavy atom. The van der Waals surface area contributed by atoms with Crippen molar-refractivity contribution in [2.24, 2.45) is 7.05 Å². The molecule has 2 rings (SSSR count). The average molecular weight is 202 g/mol. The molecule has 0 amide bonds. The van der Waals surface area contributed by atoms with Crippen molar-refractivity contribution in [3.63, 3.8) is 0 Å². The standard InChI is InChI=1S/C13H16NO/c1-14-8-4-5-11(10-14)9-12-6-2-3-7-13(12)15/h4-5,8-10H,2-3,6-7H2,1H3/q+1. The van der Waals surface area contributed by atoms with E-state index in [9.17, 15) is 4.79 Å². The van der Waals surface area contributed by atoms with Gasteiger partial charge in [-0.1, -0.05) is 0 Å². The molecule has 0 aliphatic heterocycles. The Bertz CT molecular complexity index is 407. The summed E-state index contributed by atoms with van der Waals surface area (Å²) in [6.07, 6.45) is 9.93. The van der Waals surface area contributed by atoms with Gasteiger partial charge in [0.05, 0.1) is 0 Å². The normalized spacial score (nSPS) is 19.5. The summed E-state index contributed by atoms with van der Waals surface area (Å²) in [4.78, 5) is 11.6. The van der Waals surface area contributed by atoms with Crippen LogP contribution in [0.15, 0.2) is 30.1 Å². The molecule has 1 fully saturated rings. The Kier molecular flexibility index (Phi) is 2.95. The van der Waals surface area contributed by atoms with Crippen LogP contribution in [0.2, 0.25) is 0 Å². The van der Waals surface area contributed by atoms with E-state index in [0.29, 0.717) is 5.78 Å². The van der Waals surface area contributed by atoms with E-state index in [1.54, 1.807) is 0 Å². The fraction of sp³-hybridized carbons (Fsp3) is 0.385. The van der Waals surface area contributed by atoms with Crippen LogP contribution in [0.25, 0.3) is 6.08 Å². The molecule has 0 aromatic carbocycles. The van der Waals surface area contributed by atoms with Crippen molar-refractivity contribution < 1.29 is 9.36 Å². The van der Waals surface area contributed by atoms with Gasteiger partial charge in [0.2, 0.25) is 0 Å². The third-order valence-corrected chi connectivity index (χ3v) is 2.76.